The Morgan fingerprint density at radius 2 is 2.39 bits per heavy atom. The van der Waals surface area contributed by atoms with E-state index in [0.717, 1.165) is 25.6 Å². The summed E-state index contributed by atoms with van der Waals surface area (Å²) in [6.45, 7) is 4.13. The number of hydrogen-bond donors (Lipinski definition) is 2. The minimum absolute atomic E-state index is 0.145. The van der Waals surface area contributed by atoms with Crippen LogP contribution in [-0.2, 0) is 0 Å². The first kappa shape index (κ1) is 12.8. The van der Waals surface area contributed by atoms with Gasteiger partial charge in [-0.05, 0) is 32.0 Å². The van der Waals surface area contributed by atoms with Crippen molar-refractivity contribution in [3.05, 3.63) is 29.6 Å². The number of phenolic OH excluding ortho intramolecular Hbond substituents is 1. The van der Waals surface area contributed by atoms with Crippen LogP contribution in [0.25, 0.3) is 0 Å². The largest absolute Gasteiger partial charge is 0.507 e. The maximum atomic E-state index is 12.9. The topological polar surface area (TPSA) is 52.6 Å². The van der Waals surface area contributed by atoms with Gasteiger partial charge in [0.15, 0.2) is 0 Å². The molecule has 1 unspecified atom stereocenters. The van der Waals surface area contributed by atoms with E-state index >= 15 is 0 Å². The van der Waals surface area contributed by atoms with Crippen LogP contribution in [-0.4, -0.2) is 41.6 Å². The summed E-state index contributed by atoms with van der Waals surface area (Å²) in [7, 11) is 0. The zero-order valence-corrected chi connectivity index (χ0v) is 10.3. The minimum Gasteiger partial charge on any atom is -0.507 e. The lowest BCUT2D eigenvalue weighted by Gasteiger charge is -2.27. The molecular weight excluding hydrogens is 235 g/mol. The predicted octanol–water partition coefficient (Wildman–Crippen LogP) is 1.36. The van der Waals surface area contributed by atoms with Gasteiger partial charge in [0.05, 0.1) is 5.56 Å². The quantitative estimate of drug-likeness (QED) is 0.854. The summed E-state index contributed by atoms with van der Waals surface area (Å²) >= 11 is 0. The fourth-order valence-corrected chi connectivity index (χ4v) is 2.31. The summed E-state index contributed by atoms with van der Waals surface area (Å²) in [5.74, 6) is -1.09. The Kier molecular flexibility index (Phi) is 3.81. The van der Waals surface area contributed by atoms with Crippen molar-refractivity contribution in [3.63, 3.8) is 0 Å². The zero-order valence-electron chi connectivity index (χ0n) is 10.3. The Balaban J connectivity index is 2.22. The van der Waals surface area contributed by atoms with Gasteiger partial charge in [0, 0.05) is 25.2 Å². The highest BCUT2D eigenvalue weighted by atomic mass is 19.1. The molecule has 1 heterocycles. The number of amides is 1. The van der Waals surface area contributed by atoms with Gasteiger partial charge in [-0.1, -0.05) is 0 Å². The highest BCUT2D eigenvalue weighted by Crippen LogP contribution is 2.22. The highest BCUT2D eigenvalue weighted by Gasteiger charge is 2.27. The fourth-order valence-electron chi connectivity index (χ4n) is 2.31. The average Bonchev–Trinajstić information content (AvgIpc) is 2.83. The third kappa shape index (κ3) is 2.46. The highest BCUT2D eigenvalue weighted by molar-refractivity contribution is 5.97. The van der Waals surface area contributed by atoms with E-state index in [1.807, 2.05) is 6.92 Å². The third-order valence-corrected chi connectivity index (χ3v) is 3.27. The monoisotopic (exact) mass is 252 g/mol. The SMILES string of the molecule is CCN(C(=O)c1ccc(F)cc1O)C1CCNC1. The van der Waals surface area contributed by atoms with Crippen molar-refractivity contribution in [1.29, 1.82) is 0 Å². The molecule has 0 bridgehead atoms. The van der Waals surface area contributed by atoms with Crippen LogP contribution in [0.15, 0.2) is 18.2 Å². The molecule has 1 aromatic rings. The summed E-state index contributed by atoms with van der Waals surface area (Å²) in [6, 6.07) is 3.63. The van der Waals surface area contributed by atoms with Gasteiger partial charge in [0.1, 0.15) is 11.6 Å². The molecule has 0 aliphatic carbocycles. The molecule has 98 valence electrons. The molecule has 1 aliphatic rings. The second kappa shape index (κ2) is 5.35. The van der Waals surface area contributed by atoms with Gasteiger partial charge >= 0.3 is 0 Å². The molecule has 0 radical (unpaired) electrons. The molecule has 2 rings (SSSR count). The number of likely N-dealkylation sites (N-methyl/N-ethyl adjacent to an activating group) is 1. The van der Waals surface area contributed by atoms with Gasteiger partial charge < -0.3 is 15.3 Å². The first-order valence-electron chi connectivity index (χ1n) is 6.13. The van der Waals surface area contributed by atoms with E-state index < -0.39 is 5.82 Å². The van der Waals surface area contributed by atoms with E-state index in [4.69, 9.17) is 0 Å². The first-order valence-corrected chi connectivity index (χ1v) is 6.13. The van der Waals surface area contributed by atoms with Crippen LogP contribution in [0.4, 0.5) is 4.39 Å². The second-order valence-electron chi connectivity index (χ2n) is 4.40. The molecule has 1 saturated heterocycles. The van der Waals surface area contributed by atoms with Crippen molar-refractivity contribution in [1.82, 2.24) is 10.2 Å². The molecule has 1 aliphatic heterocycles. The summed E-state index contributed by atoms with van der Waals surface area (Å²) in [5.41, 5.74) is 0.158. The molecule has 4 nitrogen and oxygen atoms in total. The molecule has 0 saturated carbocycles. The van der Waals surface area contributed by atoms with Crippen LogP contribution in [0.3, 0.4) is 0 Å². The number of rotatable bonds is 3. The standard InChI is InChI=1S/C13H17FN2O2/c1-2-16(10-5-6-15-8-10)13(18)11-4-3-9(14)7-12(11)17/h3-4,7,10,15,17H,2,5-6,8H2,1H3. The summed E-state index contributed by atoms with van der Waals surface area (Å²) in [4.78, 5) is 14.0. The summed E-state index contributed by atoms with van der Waals surface area (Å²) in [6.07, 6.45) is 0.904. The number of benzene rings is 1. The maximum absolute atomic E-state index is 12.9. The summed E-state index contributed by atoms with van der Waals surface area (Å²) in [5, 5.41) is 12.8. The normalized spacial score (nSPS) is 18.9. The smallest absolute Gasteiger partial charge is 0.257 e. The van der Waals surface area contributed by atoms with Crippen LogP contribution in [0.2, 0.25) is 0 Å². The molecule has 1 atom stereocenters. The van der Waals surface area contributed by atoms with Crippen molar-refractivity contribution in [2.24, 2.45) is 0 Å². The van der Waals surface area contributed by atoms with Crippen molar-refractivity contribution < 1.29 is 14.3 Å². The lowest BCUT2D eigenvalue weighted by molar-refractivity contribution is 0.0700. The lowest BCUT2D eigenvalue weighted by Crippen LogP contribution is -2.41. The molecular formula is C13H17FN2O2. The number of halogens is 1. The van der Waals surface area contributed by atoms with Crippen molar-refractivity contribution >= 4 is 5.91 Å². The molecule has 0 spiro atoms. The minimum atomic E-state index is -0.547. The van der Waals surface area contributed by atoms with Gasteiger partial charge in [0.25, 0.3) is 5.91 Å². The second-order valence-corrected chi connectivity index (χ2v) is 4.40. The molecule has 2 N–H and O–H groups in total. The van der Waals surface area contributed by atoms with Crippen LogP contribution < -0.4 is 5.32 Å². The zero-order chi connectivity index (χ0) is 13.1. The van der Waals surface area contributed by atoms with Gasteiger partial charge in [0.2, 0.25) is 0 Å². The van der Waals surface area contributed by atoms with Crippen molar-refractivity contribution in [3.8, 4) is 5.75 Å². The Morgan fingerprint density at radius 3 is 2.94 bits per heavy atom. The predicted molar refractivity (Wildman–Crippen MR) is 66.1 cm³/mol. The molecule has 18 heavy (non-hydrogen) atoms. The summed E-state index contributed by atoms with van der Waals surface area (Å²) < 4.78 is 12.9. The number of carbonyl (C=O) groups is 1. The Labute approximate surface area is 105 Å². The fraction of sp³-hybridized carbons (Fsp3) is 0.462. The van der Waals surface area contributed by atoms with E-state index in [-0.39, 0.29) is 23.3 Å². The van der Waals surface area contributed by atoms with Crippen molar-refractivity contribution in [2.45, 2.75) is 19.4 Å². The van der Waals surface area contributed by atoms with Crippen LogP contribution in [0.1, 0.15) is 23.7 Å². The molecule has 1 aromatic carbocycles. The number of nitrogens with zero attached hydrogens (tertiary/aromatic N) is 1. The lowest BCUT2D eigenvalue weighted by atomic mass is 10.1. The van der Waals surface area contributed by atoms with E-state index in [0.29, 0.717) is 6.54 Å². The number of aromatic hydroxyl groups is 1. The molecule has 5 heteroatoms. The van der Waals surface area contributed by atoms with E-state index in [1.165, 1.54) is 12.1 Å². The van der Waals surface area contributed by atoms with Crippen LogP contribution in [0, 0.1) is 5.82 Å². The van der Waals surface area contributed by atoms with Gasteiger partial charge in [-0.3, -0.25) is 4.79 Å². The van der Waals surface area contributed by atoms with E-state index in [9.17, 15) is 14.3 Å². The number of hydrogen-bond acceptors (Lipinski definition) is 3. The van der Waals surface area contributed by atoms with E-state index in [1.54, 1.807) is 4.90 Å². The van der Waals surface area contributed by atoms with Crippen molar-refractivity contribution in [2.75, 3.05) is 19.6 Å². The Bertz CT molecular complexity index is 445. The Hall–Kier alpha value is -1.62. The molecule has 1 fully saturated rings. The number of carbonyl (C=O) groups excluding carboxylic acids is 1. The number of nitrogens with one attached hydrogen (secondary N) is 1. The maximum Gasteiger partial charge on any atom is 0.257 e. The van der Waals surface area contributed by atoms with Crippen LogP contribution >= 0.6 is 0 Å². The molecule has 0 aromatic heterocycles. The number of phenols is 1. The van der Waals surface area contributed by atoms with Crippen LogP contribution in [0.5, 0.6) is 5.75 Å². The van der Waals surface area contributed by atoms with Gasteiger partial charge in [-0.15, -0.1) is 0 Å². The van der Waals surface area contributed by atoms with Gasteiger partial charge in [-0.2, -0.15) is 0 Å². The van der Waals surface area contributed by atoms with E-state index in [2.05, 4.69) is 5.32 Å². The molecule has 1 amide bonds. The Morgan fingerprint density at radius 1 is 1.61 bits per heavy atom. The van der Waals surface area contributed by atoms with Gasteiger partial charge in [-0.25, -0.2) is 4.39 Å². The third-order valence-electron chi connectivity index (χ3n) is 3.27. The average molecular weight is 252 g/mol. The first-order chi connectivity index (χ1) is 8.63.